The standard InChI is InChI=1S/C20H25N5O4/c1-14-18(15(2)23-19(22-14)25-8-10-28-11-9-25)24-17(26)12-21-20(27)29-13-16-6-4-3-5-7-16/h3-7H,8-13H2,1-2H3,(H,21,27)(H,24,26). The van der Waals surface area contributed by atoms with Gasteiger partial charge in [-0.2, -0.15) is 0 Å². The maximum atomic E-state index is 12.2. The Morgan fingerprint density at radius 1 is 1.10 bits per heavy atom. The predicted octanol–water partition coefficient (Wildman–Crippen LogP) is 1.79. The molecule has 0 saturated carbocycles. The number of hydrogen-bond acceptors (Lipinski definition) is 7. The molecule has 154 valence electrons. The van der Waals surface area contributed by atoms with Gasteiger partial charge in [0.25, 0.3) is 0 Å². The van der Waals surface area contributed by atoms with Crippen LogP contribution in [-0.4, -0.2) is 54.8 Å². The van der Waals surface area contributed by atoms with Gasteiger partial charge in [-0.3, -0.25) is 4.79 Å². The molecule has 9 nitrogen and oxygen atoms in total. The summed E-state index contributed by atoms with van der Waals surface area (Å²) in [6.07, 6.45) is -0.656. The molecule has 0 spiro atoms. The molecule has 0 bridgehead atoms. The van der Waals surface area contributed by atoms with Crippen LogP contribution in [0, 0.1) is 13.8 Å². The lowest BCUT2D eigenvalue weighted by Crippen LogP contribution is -2.37. The number of anilines is 2. The van der Waals surface area contributed by atoms with Gasteiger partial charge in [0.05, 0.1) is 30.3 Å². The van der Waals surface area contributed by atoms with Crippen LogP contribution in [0.4, 0.5) is 16.4 Å². The Morgan fingerprint density at radius 2 is 1.76 bits per heavy atom. The molecule has 0 radical (unpaired) electrons. The first kappa shape index (κ1) is 20.5. The molecule has 2 heterocycles. The van der Waals surface area contributed by atoms with Crippen LogP contribution in [-0.2, 0) is 20.9 Å². The second-order valence-electron chi connectivity index (χ2n) is 6.63. The normalized spacial score (nSPS) is 13.7. The van der Waals surface area contributed by atoms with Crippen LogP contribution in [0.2, 0.25) is 0 Å². The Morgan fingerprint density at radius 3 is 2.41 bits per heavy atom. The van der Waals surface area contributed by atoms with Gasteiger partial charge in [0.2, 0.25) is 11.9 Å². The summed E-state index contributed by atoms with van der Waals surface area (Å²) in [5, 5.41) is 5.20. The van der Waals surface area contributed by atoms with Gasteiger partial charge in [-0.15, -0.1) is 0 Å². The molecule has 0 atom stereocenters. The molecule has 1 aromatic carbocycles. The Bertz CT molecular complexity index is 830. The summed E-state index contributed by atoms with van der Waals surface area (Å²) in [6, 6.07) is 9.32. The number of hydrogen-bond donors (Lipinski definition) is 2. The number of carbonyl (C=O) groups excluding carboxylic acids is 2. The Hall–Kier alpha value is -3.20. The zero-order chi connectivity index (χ0) is 20.6. The van der Waals surface area contributed by atoms with Crippen molar-refractivity contribution in [2.75, 3.05) is 43.1 Å². The molecular weight excluding hydrogens is 374 g/mol. The molecule has 2 aromatic rings. The van der Waals surface area contributed by atoms with E-state index in [1.54, 1.807) is 0 Å². The highest BCUT2D eigenvalue weighted by molar-refractivity contribution is 5.94. The lowest BCUT2D eigenvalue weighted by atomic mass is 10.2. The fraction of sp³-hybridized carbons (Fsp3) is 0.400. The molecule has 1 aromatic heterocycles. The molecule has 1 aliphatic rings. The zero-order valence-electron chi connectivity index (χ0n) is 16.6. The molecule has 29 heavy (non-hydrogen) atoms. The molecular formula is C20H25N5O4. The molecule has 1 saturated heterocycles. The smallest absolute Gasteiger partial charge is 0.407 e. The van der Waals surface area contributed by atoms with Crippen LogP contribution in [0.15, 0.2) is 30.3 Å². The van der Waals surface area contributed by atoms with E-state index in [1.807, 2.05) is 44.2 Å². The molecule has 2 N–H and O–H groups in total. The van der Waals surface area contributed by atoms with Gasteiger partial charge in [-0.25, -0.2) is 14.8 Å². The maximum Gasteiger partial charge on any atom is 0.407 e. The third-order valence-corrected chi connectivity index (χ3v) is 4.42. The van der Waals surface area contributed by atoms with Crippen molar-refractivity contribution in [1.29, 1.82) is 0 Å². The van der Waals surface area contributed by atoms with Gasteiger partial charge in [0.15, 0.2) is 0 Å². The average molecular weight is 399 g/mol. The SMILES string of the molecule is Cc1nc(N2CCOCC2)nc(C)c1NC(=O)CNC(=O)OCc1ccccc1. The maximum absolute atomic E-state index is 12.2. The Balaban J connectivity index is 1.50. The van der Waals surface area contributed by atoms with Crippen LogP contribution >= 0.6 is 0 Å². The molecule has 0 unspecified atom stereocenters. The van der Waals surface area contributed by atoms with Crippen molar-refractivity contribution in [2.45, 2.75) is 20.5 Å². The van der Waals surface area contributed by atoms with Gasteiger partial charge in [-0.1, -0.05) is 30.3 Å². The largest absolute Gasteiger partial charge is 0.445 e. The first-order chi connectivity index (χ1) is 14.0. The minimum Gasteiger partial charge on any atom is -0.445 e. The fourth-order valence-electron chi connectivity index (χ4n) is 2.89. The van der Waals surface area contributed by atoms with Crippen LogP contribution in [0.25, 0.3) is 0 Å². The van der Waals surface area contributed by atoms with Gasteiger partial charge in [0, 0.05) is 13.1 Å². The van der Waals surface area contributed by atoms with Gasteiger partial charge in [-0.05, 0) is 19.4 Å². The lowest BCUT2D eigenvalue weighted by molar-refractivity contribution is -0.115. The first-order valence-corrected chi connectivity index (χ1v) is 9.45. The highest BCUT2D eigenvalue weighted by Crippen LogP contribution is 2.21. The molecule has 1 fully saturated rings. The average Bonchev–Trinajstić information content (AvgIpc) is 2.74. The van der Waals surface area contributed by atoms with Gasteiger partial charge < -0.3 is 25.0 Å². The first-order valence-electron chi connectivity index (χ1n) is 9.45. The van der Waals surface area contributed by atoms with E-state index in [0.29, 0.717) is 36.2 Å². The summed E-state index contributed by atoms with van der Waals surface area (Å²) >= 11 is 0. The van der Waals surface area contributed by atoms with Crippen molar-refractivity contribution in [1.82, 2.24) is 15.3 Å². The van der Waals surface area contributed by atoms with Crippen LogP contribution in [0.3, 0.4) is 0 Å². The summed E-state index contributed by atoms with van der Waals surface area (Å²) in [6.45, 7) is 6.32. The second-order valence-corrected chi connectivity index (χ2v) is 6.63. The zero-order valence-corrected chi connectivity index (χ0v) is 16.6. The van der Waals surface area contributed by atoms with Crippen molar-refractivity contribution < 1.29 is 19.1 Å². The number of carbonyl (C=O) groups is 2. The third kappa shape index (κ3) is 5.89. The fourth-order valence-corrected chi connectivity index (χ4v) is 2.89. The molecule has 2 amide bonds. The van der Waals surface area contributed by atoms with Crippen molar-refractivity contribution >= 4 is 23.6 Å². The monoisotopic (exact) mass is 399 g/mol. The summed E-state index contributed by atoms with van der Waals surface area (Å²) in [5.41, 5.74) is 2.75. The van der Waals surface area contributed by atoms with E-state index >= 15 is 0 Å². The summed E-state index contributed by atoms with van der Waals surface area (Å²) in [5.74, 6) is 0.250. The van der Waals surface area contributed by atoms with E-state index in [1.165, 1.54) is 0 Å². The highest BCUT2D eigenvalue weighted by Gasteiger charge is 2.18. The van der Waals surface area contributed by atoms with E-state index in [0.717, 1.165) is 18.7 Å². The molecule has 1 aliphatic heterocycles. The van der Waals surface area contributed by atoms with E-state index in [9.17, 15) is 9.59 Å². The number of alkyl carbamates (subject to hydrolysis) is 1. The van der Waals surface area contributed by atoms with Crippen molar-refractivity contribution in [3.8, 4) is 0 Å². The minimum atomic E-state index is -0.656. The quantitative estimate of drug-likeness (QED) is 0.763. The van der Waals surface area contributed by atoms with Crippen LogP contribution in [0.5, 0.6) is 0 Å². The van der Waals surface area contributed by atoms with E-state index in [-0.39, 0.29) is 19.1 Å². The van der Waals surface area contributed by atoms with Crippen molar-refractivity contribution in [3.63, 3.8) is 0 Å². The molecule has 9 heteroatoms. The van der Waals surface area contributed by atoms with E-state index < -0.39 is 6.09 Å². The third-order valence-electron chi connectivity index (χ3n) is 4.42. The number of amides is 2. The minimum absolute atomic E-state index is 0.142. The number of aromatic nitrogens is 2. The lowest BCUT2D eigenvalue weighted by Gasteiger charge is -2.27. The highest BCUT2D eigenvalue weighted by atomic mass is 16.5. The number of nitrogens with zero attached hydrogens (tertiary/aromatic N) is 3. The Labute approximate surface area is 169 Å². The van der Waals surface area contributed by atoms with E-state index in [2.05, 4.69) is 25.5 Å². The summed E-state index contributed by atoms with van der Waals surface area (Å²) < 4.78 is 10.4. The number of morpholine rings is 1. The summed E-state index contributed by atoms with van der Waals surface area (Å²) in [4.78, 5) is 35.0. The number of ether oxygens (including phenoxy) is 2. The van der Waals surface area contributed by atoms with Crippen molar-refractivity contribution in [2.24, 2.45) is 0 Å². The molecule has 3 rings (SSSR count). The number of benzene rings is 1. The van der Waals surface area contributed by atoms with Gasteiger partial charge in [0.1, 0.15) is 13.2 Å². The topological polar surface area (TPSA) is 106 Å². The van der Waals surface area contributed by atoms with Crippen LogP contribution in [0.1, 0.15) is 17.0 Å². The predicted molar refractivity (Wildman–Crippen MR) is 108 cm³/mol. The van der Waals surface area contributed by atoms with Gasteiger partial charge >= 0.3 is 6.09 Å². The van der Waals surface area contributed by atoms with Crippen molar-refractivity contribution in [3.05, 3.63) is 47.3 Å². The number of aryl methyl sites for hydroxylation is 2. The number of rotatable bonds is 6. The van der Waals surface area contributed by atoms with Crippen LogP contribution < -0.4 is 15.5 Å². The van der Waals surface area contributed by atoms with E-state index in [4.69, 9.17) is 9.47 Å². The second kappa shape index (κ2) is 9.83. The Kier molecular flexibility index (Phi) is 6.96. The molecule has 0 aliphatic carbocycles. The summed E-state index contributed by atoms with van der Waals surface area (Å²) in [7, 11) is 0. The number of nitrogens with one attached hydrogen (secondary N) is 2.